The van der Waals surface area contributed by atoms with E-state index in [0.717, 1.165) is 17.0 Å². The number of hydrogen-bond acceptors (Lipinski definition) is 4. The Bertz CT molecular complexity index is 1190. The lowest BCUT2D eigenvalue weighted by Crippen LogP contribution is -2.64. The second-order valence-electron chi connectivity index (χ2n) is 8.86. The van der Waals surface area contributed by atoms with Crippen molar-refractivity contribution in [1.29, 1.82) is 0 Å². The normalized spacial score (nSPS) is 21.6. The maximum Gasteiger partial charge on any atom is 0.404 e. The highest BCUT2D eigenvalue weighted by Gasteiger charge is 2.52. The van der Waals surface area contributed by atoms with Crippen LogP contribution in [0, 0.1) is 18.6 Å². The first-order chi connectivity index (χ1) is 17.0. The number of anilines is 1. The fourth-order valence-electron chi connectivity index (χ4n) is 4.65. The molecule has 2 heterocycles. The van der Waals surface area contributed by atoms with Gasteiger partial charge in [0.2, 0.25) is 0 Å². The van der Waals surface area contributed by atoms with Crippen LogP contribution >= 0.6 is 0 Å². The topological polar surface area (TPSA) is 108 Å². The van der Waals surface area contributed by atoms with Crippen molar-refractivity contribution in [3.63, 3.8) is 0 Å². The van der Waals surface area contributed by atoms with Crippen LogP contribution in [0.25, 0.3) is 0 Å². The number of alkyl halides is 2. The zero-order valence-corrected chi connectivity index (χ0v) is 19.1. The number of fused-ring (bicyclic) bond motifs is 2. The third kappa shape index (κ3) is 4.99. The van der Waals surface area contributed by atoms with E-state index in [2.05, 4.69) is 10.6 Å². The van der Waals surface area contributed by atoms with E-state index in [1.54, 1.807) is 0 Å². The Morgan fingerprint density at radius 3 is 2.28 bits per heavy atom. The minimum absolute atomic E-state index is 0.0621. The quantitative estimate of drug-likeness (QED) is 0.534. The van der Waals surface area contributed by atoms with Gasteiger partial charge in [-0.15, -0.1) is 0 Å². The second kappa shape index (κ2) is 9.76. The molecule has 0 saturated carbocycles. The van der Waals surface area contributed by atoms with Crippen molar-refractivity contribution >= 4 is 23.6 Å². The largest absolute Gasteiger partial charge is 0.465 e. The van der Waals surface area contributed by atoms with Crippen LogP contribution in [0.4, 0.5) is 28.0 Å². The molecule has 0 radical (unpaired) electrons. The molecule has 0 spiro atoms. The highest BCUT2D eigenvalue weighted by molar-refractivity contribution is 6.04. The first-order valence-corrected chi connectivity index (χ1v) is 11.1. The molecule has 0 unspecified atom stereocenters. The Kier molecular flexibility index (Phi) is 6.90. The van der Waals surface area contributed by atoms with E-state index in [9.17, 15) is 23.2 Å². The van der Waals surface area contributed by atoms with Crippen molar-refractivity contribution in [2.75, 3.05) is 18.5 Å². The predicted octanol–water partition coefficient (Wildman–Crippen LogP) is 3.64. The summed E-state index contributed by atoms with van der Waals surface area (Å²) < 4.78 is 64.2. The van der Waals surface area contributed by atoms with E-state index >= 15 is 8.78 Å². The fourth-order valence-corrected chi connectivity index (χ4v) is 4.65. The molecule has 0 aromatic heterocycles. The van der Waals surface area contributed by atoms with Gasteiger partial charge >= 0.3 is 12.0 Å². The van der Waals surface area contributed by atoms with E-state index in [1.165, 1.54) is 19.1 Å². The first kappa shape index (κ1) is 25.4. The van der Waals surface area contributed by atoms with Gasteiger partial charge in [0.15, 0.2) is 0 Å². The molecule has 4 rings (SSSR count). The van der Waals surface area contributed by atoms with Crippen molar-refractivity contribution < 1.29 is 41.8 Å². The van der Waals surface area contributed by atoms with Gasteiger partial charge in [-0.25, -0.2) is 13.6 Å². The molecule has 2 aliphatic heterocycles. The van der Waals surface area contributed by atoms with Crippen LogP contribution in [-0.4, -0.2) is 59.3 Å². The number of carbonyl (C=O) groups excluding carboxylic acids is 2. The van der Waals surface area contributed by atoms with Gasteiger partial charge < -0.3 is 25.4 Å². The average Bonchev–Trinajstić information content (AvgIpc) is 2.80. The summed E-state index contributed by atoms with van der Waals surface area (Å²) in [6.07, 6.45) is -1.14. The molecule has 3 amide bonds. The summed E-state index contributed by atoms with van der Waals surface area (Å²) >= 11 is 0. The number of rotatable bonds is 5. The zero-order valence-electron chi connectivity index (χ0n) is 19.1. The number of hydrogen-bond donors (Lipinski definition) is 3. The lowest BCUT2D eigenvalue weighted by molar-refractivity contribution is -0.178. The van der Waals surface area contributed by atoms with Crippen LogP contribution in [0.3, 0.4) is 0 Å². The lowest BCUT2D eigenvalue weighted by Gasteiger charge is -2.49. The highest BCUT2D eigenvalue weighted by atomic mass is 19.3. The number of benzene rings is 2. The molecule has 36 heavy (non-hydrogen) atoms. The molecular weight excluding hydrogens is 486 g/mol. The van der Waals surface area contributed by atoms with E-state index in [0.29, 0.717) is 12.1 Å². The molecule has 2 bridgehead atoms. The van der Waals surface area contributed by atoms with Gasteiger partial charge in [0.05, 0.1) is 30.9 Å². The summed E-state index contributed by atoms with van der Waals surface area (Å²) in [5.41, 5.74) is -1.13. The van der Waals surface area contributed by atoms with Gasteiger partial charge in [-0.1, -0.05) is 0 Å². The van der Waals surface area contributed by atoms with Crippen LogP contribution in [0.2, 0.25) is 0 Å². The van der Waals surface area contributed by atoms with Gasteiger partial charge in [0.1, 0.15) is 11.6 Å². The zero-order chi connectivity index (χ0) is 26.2. The first-order valence-electron chi connectivity index (χ1n) is 11.1. The molecule has 2 saturated heterocycles. The molecule has 3 N–H and O–H groups in total. The SMILES string of the molecule is Cc1cc(NC(=O)c2ccc(F)c(C(F)(F)C(=O)N3[C@@H]4COC[C@H]3C[C@H](NC(=O)O)C4)c2)ccc1F. The van der Waals surface area contributed by atoms with Crippen molar-refractivity contribution in [2.45, 2.75) is 43.8 Å². The van der Waals surface area contributed by atoms with Gasteiger partial charge in [0, 0.05) is 17.3 Å². The summed E-state index contributed by atoms with van der Waals surface area (Å²) in [5.74, 6) is -8.68. The smallest absolute Gasteiger partial charge is 0.404 e. The van der Waals surface area contributed by atoms with Crippen molar-refractivity contribution in [1.82, 2.24) is 10.2 Å². The van der Waals surface area contributed by atoms with E-state index in [4.69, 9.17) is 9.84 Å². The van der Waals surface area contributed by atoms with Crippen molar-refractivity contribution in [2.24, 2.45) is 0 Å². The van der Waals surface area contributed by atoms with E-state index in [-0.39, 0.29) is 42.9 Å². The molecule has 2 aliphatic rings. The summed E-state index contributed by atoms with van der Waals surface area (Å²) in [6, 6.07) is 3.84. The number of carboxylic acid groups (broad SMARTS) is 1. The minimum Gasteiger partial charge on any atom is -0.465 e. The standard InChI is InChI=1S/C24H23F4N3O5/c1-12-6-14(3-5-19(12)25)29-21(32)13-2-4-20(26)18(7-13)24(27,28)22(33)31-16-8-15(30-23(34)35)9-17(31)11-36-10-16/h2-7,15-17,30H,8-11H2,1H3,(H,29,32)(H,34,35)/t15-,16+,17-. The molecule has 2 aromatic carbocycles. The van der Waals surface area contributed by atoms with Crippen LogP contribution in [0.5, 0.6) is 0 Å². The Morgan fingerprint density at radius 2 is 1.67 bits per heavy atom. The highest BCUT2D eigenvalue weighted by Crippen LogP contribution is 2.38. The number of amides is 3. The van der Waals surface area contributed by atoms with Crippen LogP contribution in [0.1, 0.15) is 34.3 Å². The summed E-state index contributed by atoms with van der Waals surface area (Å²) in [4.78, 5) is 37.6. The summed E-state index contributed by atoms with van der Waals surface area (Å²) in [6.45, 7) is 1.34. The van der Waals surface area contributed by atoms with Gasteiger partial charge in [-0.3, -0.25) is 9.59 Å². The Morgan fingerprint density at radius 1 is 1.03 bits per heavy atom. The minimum atomic E-state index is -4.31. The number of carbonyl (C=O) groups is 3. The number of ether oxygens (including phenoxy) is 1. The molecule has 192 valence electrons. The van der Waals surface area contributed by atoms with Crippen LogP contribution in [-0.2, 0) is 15.5 Å². The Balaban J connectivity index is 1.57. The Labute approximate surface area is 203 Å². The van der Waals surface area contributed by atoms with Gasteiger partial charge in [-0.2, -0.15) is 8.78 Å². The number of piperidine rings is 1. The van der Waals surface area contributed by atoms with Gasteiger partial charge in [0.25, 0.3) is 11.8 Å². The number of morpholine rings is 1. The summed E-state index contributed by atoms with van der Waals surface area (Å²) in [5, 5.41) is 13.7. The lowest BCUT2D eigenvalue weighted by atomic mass is 9.88. The number of halogens is 4. The summed E-state index contributed by atoms with van der Waals surface area (Å²) in [7, 11) is 0. The second-order valence-corrected chi connectivity index (χ2v) is 8.86. The molecule has 0 aliphatic carbocycles. The van der Waals surface area contributed by atoms with Gasteiger partial charge in [-0.05, 0) is 61.7 Å². The monoisotopic (exact) mass is 509 g/mol. The predicted molar refractivity (Wildman–Crippen MR) is 119 cm³/mol. The van der Waals surface area contributed by atoms with Crippen molar-refractivity contribution in [3.8, 4) is 0 Å². The molecule has 2 aromatic rings. The van der Waals surface area contributed by atoms with Crippen LogP contribution in [0.15, 0.2) is 36.4 Å². The Hall–Kier alpha value is -3.67. The van der Waals surface area contributed by atoms with Crippen LogP contribution < -0.4 is 10.6 Å². The van der Waals surface area contributed by atoms with E-state index < -0.39 is 59.2 Å². The third-order valence-electron chi connectivity index (χ3n) is 6.33. The fraction of sp³-hybridized carbons (Fsp3) is 0.375. The molecular formula is C24H23F4N3O5. The van der Waals surface area contributed by atoms with E-state index in [1.807, 2.05) is 0 Å². The number of nitrogens with zero attached hydrogens (tertiary/aromatic N) is 1. The number of nitrogens with one attached hydrogen (secondary N) is 2. The number of aryl methyl sites for hydroxylation is 1. The molecule has 8 nitrogen and oxygen atoms in total. The third-order valence-corrected chi connectivity index (χ3v) is 6.33. The van der Waals surface area contributed by atoms with Crippen molar-refractivity contribution in [3.05, 3.63) is 64.7 Å². The molecule has 3 atom stereocenters. The molecule has 2 fully saturated rings. The average molecular weight is 509 g/mol. The molecule has 12 heteroatoms. The maximum absolute atomic E-state index is 15.4. The maximum atomic E-state index is 15.4.